The number of halogens is 1. The molecule has 18 heavy (non-hydrogen) atoms. The molecule has 0 spiro atoms. The third-order valence-corrected chi connectivity index (χ3v) is 4.65. The largest absolute Gasteiger partial charge is 0.377 e. The van der Waals surface area contributed by atoms with Crippen molar-refractivity contribution in [2.75, 3.05) is 5.32 Å². The highest BCUT2D eigenvalue weighted by molar-refractivity contribution is 9.10. The normalized spacial score (nSPS) is 12.5. The first-order chi connectivity index (χ1) is 8.47. The highest BCUT2D eigenvalue weighted by atomic mass is 79.9. The molecule has 1 heterocycles. The number of anilines is 1. The second-order valence-electron chi connectivity index (χ2n) is 4.51. The summed E-state index contributed by atoms with van der Waals surface area (Å²) in [6.45, 7) is 8.43. The standard InChI is InChI=1S/C14H17BrN2S/c1-8-5-6-12(15)7-13(8)17-10(3)14-9(2)16-11(4)18-14/h5-7,10,17H,1-4H3. The van der Waals surface area contributed by atoms with Gasteiger partial charge in [-0.15, -0.1) is 11.3 Å². The summed E-state index contributed by atoms with van der Waals surface area (Å²) in [5.41, 5.74) is 3.55. The third kappa shape index (κ3) is 2.93. The smallest absolute Gasteiger partial charge is 0.0900 e. The van der Waals surface area contributed by atoms with Gasteiger partial charge in [0.25, 0.3) is 0 Å². The Kier molecular flexibility index (Phi) is 4.07. The molecule has 0 saturated heterocycles. The molecule has 1 N–H and O–H groups in total. The lowest BCUT2D eigenvalue weighted by molar-refractivity contribution is 0.887. The van der Waals surface area contributed by atoms with E-state index in [9.17, 15) is 0 Å². The molecular weight excluding hydrogens is 308 g/mol. The first kappa shape index (κ1) is 13.6. The molecule has 0 fully saturated rings. The predicted octanol–water partition coefficient (Wildman–Crippen LogP) is 5.00. The highest BCUT2D eigenvalue weighted by Gasteiger charge is 2.13. The van der Waals surface area contributed by atoms with Crippen molar-refractivity contribution < 1.29 is 0 Å². The molecule has 4 heteroatoms. The Hall–Kier alpha value is -0.870. The highest BCUT2D eigenvalue weighted by Crippen LogP contribution is 2.29. The number of hydrogen-bond donors (Lipinski definition) is 1. The van der Waals surface area contributed by atoms with Gasteiger partial charge in [0.2, 0.25) is 0 Å². The van der Waals surface area contributed by atoms with Crippen LogP contribution in [0.3, 0.4) is 0 Å². The van der Waals surface area contributed by atoms with Crippen LogP contribution in [0.4, 0.5) is 5.69 Å². The van der Waals surface area contributed by atoms with Gasteiger partial charge in [-0.2, -0.15) is 0 Å². The topological polar surface area (TPSA) is 24.9 Å². The van der Waals surface area contributed by atoms with E-state index in [-0.39, 0.29) is 6.04 Å². The molecule has 2 nitrogen and oxygen atoms in total. The van der Waals surface area contributed by atoms with Gasteiger partial charge in [0.1, 0.15) is 0 Å². The van der Waals surface area contributed by atoms with Crippen molar-refractivity contribution in [1.29, 1.82) is 0 Å². The van der Waals surface area contributed by atoms with Crippen molar-refractivity contribution in [3.63, 3.8) is 0 Å². The van der Waals surface area contributed by atoms with E-state index in [1.807, 2.05) is 0 Å². The molecular formula is C14H17BrN2S. The molecule has 0 saturated carbocycles. The zero-order valence-electron chi connectivity index (χ0n) is 11.0. The van der Waals surface area contributed by atoms with Gasteiger partial charge in [0, 0.05) is 15.0 Å². The minimum atomic E-state index is 0.282. The first-order valence-electron chi connectivity index (χ1n) is 5.94. The minimum Gasteiger partial charge on any atom is -0.377 e. The summed E-state index contributed by atoms with van der Waals surface area (Å²) in [4.78, 5) is 5.79. The lowest BCUT2D eigenvalue weighted by Crippen LogP contribution is -2.07. The van der Waals surface area contributed by atoms with Gasteiger partial charge in [0.15, 0.2) is 0 Å². The van der Waals surface area contributed by atoms with Crippen molar-refractivity contribution in [2.24, 2.45) is 0 Å². The summed E-state index contributed by atoms with van der Waals surface area (Å²) >= 11 is 5.28. The number of nitrogens with one attached hydrogen (secondary N) is 1. The van der Waals surface area contributed by atoms with E-state index in [4.69, 9.17) is 0 Å². The molecule has 0 radical (unpaired) electrons. The van der Waals surface area contributed by atoms with Crippen LogP contribution in [-0.4, -0.2) is 4.98 Å². The van der Waals surface area contributed by atoms with Crippen LogP contribution in [-0.2, 0) is 0 Å². The molecule has 1 atom stereocenters. The number of thiazole rings is 1. The first-order valence-corrected chi connectivity index (χ1v) is 7.55. The van der Waals surface area contributed by atoms with Gasteiger partial charge in [-0.05, 0) is 45.4 Å². The van der Waals surface area contributed by atoms with E-state index in [0.29, 0.717) is 0 Å². The van der Waals surface area contributed by atoms with Crippen LogP contribution in [0.5, 0.6) is 0 Å². The van der Waals surface area contributed by atoms with Gasteiger partial charge >= 0.3 is 0 Å². The lowest BCUT2D eigenvalue weighted by atomic mass is 10.1. The summed E-state index contributed by atoms with van der Waals surface area (Å²) in [5.74, 6) is 0. The summed E-state index contributed by atoms with van der Waals surface area (Å²) in [5, 5.41) is 4.69. The SMILES string of the molecule is Cc1nc(C)c(C(C)Nc2cc(Br)ccc2C)s1. The molecule has 2 rings (SSSR count). The Morgan fingerprint density at radius 3 is 2.61 bits per heavy atom. The Morgan fingerprint density at radius 1 is 1.28 bits per heavy atom. The van der Waals surface area contributed by atoms with Gasteiger partial charge in [-0.3, -0.25) is 0 Å². The van der Waals surface area contributed by atoms with Crippen molar-refractivity contribution in [3.8, 4) is 0 Å². The maximum absolute atomic E-state index is 4.48. The summed E-state index contributed by atoms with van der Waals surface area (Å²) in [6.07, 6.45) is 0. The van der Waals surface area contributed by atoms with Gasteiger partial charge in [-0.1, -0.05) is 22.0 Å². The molecule has 1 unspecified atom stereocenters. The van der Waals surface area contributed by atoms with Crippen LogP contribution in [0.25, 0.3) is 0 Å². The van der Waals surface area contributed by atoms with Crippen molar-refractivity contribution in [3.05, 3.63) is 43.8 Å². The number of aryl methyl sites for hydroxylation is 3. The number of rotatable bonds is 3. The Bertz CT molecular complexity index is 563. The number of aromatic nitrogens is 1. The average molecular weight is 325 g/mol. The Morgan fingerprint density at radius 2 is 2.00 bits per heavy atom. The van der Waals surface area contributed by atoms with E-state index in [1.165, 1.54) is 16.1 Å². The molecule has 96 valence electrons. The van der Waals surface area contributed by atoms with E-state index >= 15 is 0 Å². The fraction of sp³-hybridized carbons (Fsp3) is 0.357. The van der Waals surface area contributed by atoms with Gasteiger partial charge in [-0.25, -0.2) is 4.98 Å². The third-order valence-electron chi connectivity index (χ3n) is 2.90. The lowest BCUT2D eigenvalue weighted by Gasteiger charge is -2.16. The Labute approximate surface area is 121 Å². The average Bonchev–Trinajstić information content (AvgIpc) is 2.63. The molecule has 2 aromatic rings. The molecule has 1 aromatic carbocycles. The zero-order chi connectivity index (χ0) is 13.3. The quantitative estimate of drug-likeness (QED) is 0.858. The molecule has 0 amide bonds. The van der Waals surface area contributed by atoms with Crippen LogP contribution in [0.2, 0.25) is 0 Å². The van der Waals surface area contributed by atoms with Crippen LogP contribution >= 0.6 is 27.3 Å². The minimum absolute atomic E-state index is 0.282. The van der Waals surface area contributed by atoms with Crippen molar-refractivity contribution in [1.82, 2.24) is 4.98 Å². The second-order valence-corrected chi connectivity index (χ2v) is 6.66. The van der Waals surface area contributed by atoms with Gasteiger partial charge in [0.05, 0.1) is 16.7 Å². The Balaban J connectivity index is 2.23. The van der Waals surface area contributed by atoms with Crippen molar-refractivity contribution in [2.45, 2.75) is 33.7 Å². The molecule has 0 aliphatic carbocycles. The summed E-state index contributed by atoms with van der Waals surface area (Å²) < 4.78 is 1.10. The van der Waals surface area contributed by atoms with E-state index < -0.39 is 0 Å². The van der Waals surface area contributed by atoms with Crippen LogP contribution < -0.4 is 5.32 Å². The van der Waals surface area contributed by atoms with Crippen LogP contribution in [0.15, 0.2) is 22.7 Å². The number of nitrogens with zero attached hydrogens (tertiary/aromatic N) is 1. The second kappa shape index (κ2) is 5.41. The van der Waals surface area contributed by atoms with Crippen LogP contribution in [0, 0.1) is 20.8 Å². The monoisotopic (exact) mass is 324 g/mol. The maximum Gasteiger partial charge on any atom is 0.0900 e. The zero-order valence-corrected chi connectivity index (χ0v) is 13.4. The fourth-order valence-electron chi connectivity index (χ4n) is 2.00. The molecule has 0 aliphatic rings. The molecule has 1 aromatic heterocycles. The van der Waals surface area contributed by atoms with Crippen LogP contribution in [0.1, 0.15) is 34.1 Å². The van der Waals surface area contributed by atoms with E-state index in [0.717, 1.165) is 15.2 Å². The van der Waals surface area contributed by atoms with E-state index in [1.54, 1.807) is 11.3 Å². The maximum atomic E-state index is 4.48. The van der Waals surface area contributed by atoms with Crippen molar-refractivity contribution >= 4 is 33.0 Å². The summed E-state index contributed by atoms with van der Waals surface area (Å²) in [7, 11) is 0. The summed E-state index contributed by atoms with van der Waals surface area (Å²) in [6, 6.07) is 6.58. The fourth-order valence-corrected chi connectivity index (χ4v) is 3.29. The predicted molar refractivity (Wildman–Crippen MR) is 82.5 cm³/mol. The number of benzene rings is 1. The number of hydrogen-bond acceptors (Lipinski definition) is 3. The molecule has 0 bridgehead atoms. The molecule has 0 aliphatic heterocycles. The van der Waals surface area contributed by atoms with E-state index in [2.05, 4.69) is 72.1 Å². The van der Waals surface area contributed by atoms with Gasteiger partial charge < -0.3 is 5.32 Å².